The molecule has 118 valence electrons. The molecular weight excluding hydrogens is 324 g/mol. The van der Waals surface area contributed by atoms with E-state index in [0.29, 0.717) is 17.4 Å². The Kier molecular flexibility index (Phi) is 4.63. The summed E-state index contributed by atoms with van der Waals surface area (Å²) in [6.07, 6.45) is 5.28. The van der Waals surface area contributed by atoms with Crippen LogP contribution in [0.25, 0.3) is 34.1 Å². The molecule has 0 saturated carbocycles. The maximum Gasteiger partial charge on any atom is 0.276 e. The van der Waals surface area contributed by atoms with Gasteiger partial charge in [-0.25, -0.2) is 0 Å². The van der Waals surface area contributed by atoms with Gasteiger partial charge in [0.25, 0.3) is 5.89 Å². The van der Waals surface area contributed by atoms with E-state index < -0.39 is 0 Å². The number of aromatic nitrogens is 4. The minimum atomic E-state index is 0. The SMILES string of the molecule is Cl.c1ccc(-c2nc(-c3cccc(-c4cccnc4)c3)no2)nc1. The molecule has 0 N–H and O–H groups in total. The average Bonchev–Trinajstić information content (AvgIpc) is 3.14. The molecule has 0 aliphatic heterocycles. The van der Waals surface area contributed by atoms with Gasteiger partial charge in [-0.3, -0.25) is 9.97 Å². The Morgan fingerprint density at radius 1 is 0.792 bits per heavy atom. The van der Waals surface area contributed by atoms with Gasteiger partial charge in [0, 0.05) is 29.7 Å². The van der Waals surface area contributed by atoms with E-state index in [-0.39, 0.29) is 12.4 Å². The van der Waals surface area contributed by atoms with Gasteiger partial charge >= 0.3 is 0 Å². The zero-order valence-corrected chi connectivity index (χ0v) is 13.4. The predicted octanol–water partition coefficient (Wildman–Crippen LogP) is 4.28. The average molecular weight is 337 g/mol. The van der Waals surface area contributed by atoms with Crippen LogP contribution in [-0.2, 0) is 0 Å². The Morgan fingerprint density at radius 3 is 2.46 bits per heavy atom. The van der Waals surface area contributed by atoms with Crippen LogP contribution >= 0.6 is 12.4 Å². The van der Waals surface area contributed by atoms with Crippen LogP contribution in [0.2, 0.25) is 0 Å². The van der Waals surface area contributed by atoms with Gasteiger partial charge < -0.3 is 4.52 Å². The highest BCUT2D eigenvalue weighted by molar-refractivity contribution is 5.85. The highest BCUT2D eigenvalue weighted by Gasteiger charge is 2.11. The molecule has 0 atom stereocenters. The lowest BCUT2D eigenvalue weighted by molar-refractivity contribution is 0.431. The summed E-state index contributed by atoms with van der Waals surface area (Å²) in [5.74, 6) is 0.948. The minimum absolute atomic E-state index is 0. The van der Waals surface area contributed by atoms with Gasteiger partial charge in [0.05, 0.1) is 0 Å². The van der Waals surface area contributed by atoms with Gasteiger partial charge in [-0.15, -0.1) is 12.4 Å². The molecule has 0 bridgehead atoms. The van der Waals surface area contributed by atoms with Gasteiger partial charge in [0.2, 0.25) is 5.82 Å². The summed E-state index contributed by atoms with van der Waals surface area (Å²) in [7, 11) is 0. The molecular formula is C18H13ClN4O. The first-order valence-electron chi connectivity index (χ1n) is 7.16. The summed E-state index contributed by atoms with van der Waals surface area (Å²) in [6.45, 7) is 0. The maximum atomic E-state index is 5.31. The molecule has 0 unspecified atom stereocenters. The molecule has 0 amide bonds. The predicted molar refractivity (Wildman–Crippen MR) is 93.4 cm³/mol. The molecule has 4 rings (SSSR count). The first kappa shape index (κ1) is 15.8. The normalized spacial score (nSPS) is 10.2. The fourth-order valence-corrected chi connectivity index (χ4v) is 2.31. The van der Waals surface area contributed by atoms with Crippen LogP contribution in [0.3, 0.4) is 0 Å². The number of nitrogens with zero attached hydrogens (tertiary/aromatic N) is 4. The fourth-order valence-electron chi connectivity index (χ4n) is 2.31. The third-order valence-corrected chi connectivity index (χ3v) is 3.43. The largest absolute Gasteiger partial charge is 0.332 e. The minimum Gasteiger partial charge on any atom is -0.332 e. The molecule has 0 saturated heterocycles. The highest BCUT2D eigenvalue weighted by Crippen LogP contribution is 2.25. The third kappa shape index (κ3) is 3.16. The molecule has 24 heavy (non-hydrogen) atoms. The van der Waals surface area contributed by atoms with Crippen LogP contribution in [0.4, 0.5) is 0 Å². The zero-order chi connectivity index (χ0) is 15.5. The summed E-state index contributed by atoms with van der Waals surface area (Å²) in [5, 5.41) is 4.06. The van der Waals surface area contributed by atoms with Crippen molar-refractivity contribution in [1.82, 2.24) is 20.1 Å². The monoisotopic (exact) mass is 336 g/mol. The Hall–Kier alpha value is -3.05. The fraction of sp³-hybridized carbons (Fsp3) is 0. The second-order valence-corrected chi connectivity index (χ2v) is 4.96. The topological polar surface area (TPSA) is 64.7 Å². The smallest absolute Gasteiger partial charge is 0.276 e. The molecule has 0 aliphatic carbocycles. The molecule has 6 heteroatoms. The quantitative estimate of drug-likeness (QED) is 0.558. The number of hydrogen-bond donors (Lipinski definition) is 0. The van der Waals surface area contributed by atoms with E-state index in [0.717, 1.165) is 16.7 Å². The van der Waals surface area contributed by atoms with Gasteiger partial charge in [-0.05, 0) is 29.8 Å². The van der Waals surface area contributed by atoms with E-state index in [2.05, 4.69) is 20.1 Å². The van der Waals surface area contributed by atoms with Gasteiger partial charge in [0.1, 0.15) is 5.69 Å². The van der Waals surface area contributed by atoms with Crippen LogP contribution in [-0.4, -0.2) is 20.1 Å². The van der Waals surface area contributed by atoms with Crippen molar-refractivity contribution in [2.24, 2.45) is 0 Å². The van der Waals surface area contributed by atoms with E-state index in [9.17, 15) is 0 Å². The molecule has 1 aromatic carbocycles. The van der Waals surface area contributed by atoms with E-state index in [1.54, 1.807) is 12.4 Å². The number of rotatable bonds is 3. The van der Waals surface area contributed by atoms with Crippen molar-refractivity contribution >= 4 is 12.4 Å². The zero-order valence-electron chi connectivity index (χ0n) is 12.5. The lowest BCUT2D eigenvalue weighted by Crippen LogP contribution is -1.85. The van der Waals surface area contributed by atoms with E-state index >= 15 is 0 Å². The van der Waals surface area contributed by atoms with Crippen LogP contribution in [0, 0.1) is 0 Å². The summed E-state index contributed by atoms with van der Waals surface area (Å²) >= 11 is 0. The Labute approximate surface area is 144 Å². The summed E-state index contributed by atoms with van der Waals surface area (Å²) in [5.41, 5.74) is 3.65. The lowest BCUT2D eigenvalue weighted by atomic mass is 10.0. The maximum absolute atomic E-state index is 5.31. The van der Waals surface area contributed by atoms with Crippen molar-refractivity contribution < 1.29 is 4.52 Å². The Morgan fingerprint density at radius 2 is 1.67 bits per heavy atom. The van der Waals surface area contributed by atoms with Crippen molar-refractivity contribution in [1.29, 1.82) is 0 Å². The Bertz CT molecular complexity index is 926. The van der Waals surface area contributed by atoms with Gasteiger partial charge in [-0.2, -0.15) is 4.98 Å². The van der Waals surface area contributed by atoms with Crippen LogP contribution in [0.5, 0.6) is 0 Å². The van der Waals surface area contributed by atoms with Crippen molar-refractivity contribution in [3.05, 3.63) is 73.2 Å². The molecule has 3 aromatic heterocycles. The Balaban J connectivity index is 0.00000169. The molecule has 3 heterocycles. The third-order valence-electron chi connectivity index (χ3n) is 3.43. The van der Waals surface area contributed by atoms with Crippen molar-refractivity contribution in [2.45, 2.75) is 0 Å². The summed E-state index contributed by atoms with van der Waals surface area (Å²) < 4.78 is 5.31. The second-order valence-electron chi connectivity index (χ2n) is 4.96. The van der Waals surface area contributed by atoms with Crippen LogP contribution in [0.1, 0.15) is 0 Å². The van der Waals surface area contributed by atoms with Crippen molar-refractivity contribution in [3.8, 4) is 34.1 Å². The molecule has 5 nitrogen and oxygen atoms in total. The van der Waals surface area contributed by atoms with E-state index in [1.807, 2.05) is 60.8 Å². The molecule has 4 aromatic rings. The molecule has 0 fully saturated rings. The number of benzene rings is 1. The number of hydrogen-bond acceptors (Lipinski definition) is 5. The van der Waals surface area contributed by atoms with Crippen molar-refractivity contribution in [2.75, 3.05) is 0 Å². The highest BCUT2D eigenvalue weighted by atomic mass is 35.5. The molecule has 0 radical (unpaired) electrons. The first-order chi connectivity index (χ1) is 11.4. The first-order valence-corrected chi connectivity index (χ1v) is 7.16. The standard InChI is InChI=1S/C18H12N4O.ClH/c1-2-10-20-16(8-1)18-21-17(22-23-18)14-6-3-5-13(11-14)15-7-4-9-19-12-15;/h1-12H;1H. The van der Waals surface area contributed by atoms with Crippen LogP contribution < -0.4 is 0 Å². The second kappa shape index (κ2) is 7.02. The van der Waals surface area contributed by atoms with Gasteiger partial charge in [-0.1, -0.05) is 35.5 Å². The van der Waals surface area contributed by atoms with Gasteiger partial charge in [0.15, 0.2) is 0 Å². The number of halogens is 1. The van der Waals surface area contributed by atoms with E-state index in [4.69, 9.17) is 4.52 Å². The summed E-state index contributed by atoms with van der Waals surface area (Å²) in [6, 6.07) is 17.5. The molecule has 0 spiro atoms. The van der Waals surface area contributed by atoms with E-state index in [1.165, 1.54) is 0 Å². The van der Waals surface area contributed by atoms with Crippen LogP contribution in [0.15, 0.2) is 77.7 Å². The molecule has 0 aliphatic rings. The lowest BCUT2D eigenvalue weighted by Gasteiger charge is -2.02. The number of pyridine rings is 2. The van der Waals surface area contributed by atoms with Crippen molar-refractivity contribution in [3.63, 3.8) is 0 Å². The summed E-state index contributed by atoms with van der Waals surface area (Å²) in [4.78, 5) is 12.8.